The lowest BCUT2D eigenvalue weighted by Crippen LogP contribution is -2.47. The first-order valence-corrected chi connectivity index (χ1v) is 16.8. The molecule has 0 aliphatic heterocycles. The average Bonchev–Trinajstić information content (AvgIpc) is 3.09. The molecule has 0 saturated heterocycles. The molecule has 0 fully saturated rings. The fraction of sp³-hybridized carbons (Fsp3) is 0.759. The topological polar surface area (TPSA) is 371 Å². The van der Waals surface area contributed by atoms with Crippen molar-refractivity contribution >= 4 is 41.6 Å². The normalized spacial score (nSPS) is 12.6. The maximum atomic E-state index is 12.4. The van der Waals surface area contributed by atoms with Crippen molar-refractivity contribution in [3.8, 4) is 0 Å². The Bertz CT molecular complexity index is 1020. The number of hydrogen-bond donors (Lipinski definition) is 14. The summed E-state index contributed by atoms with van der Waals surface area (Å²) >= 11 is 0. The van der Waals surface area contributed by atoms with E-state index in [1.165, 1.54) is 0 Å². The summed E-state index contributed by atoms with van der Waals surface area (Å²) in [5, 5.41) is 48.7. The van der Waals surface area contributed by atoms with Crippen molar-refractivity contribution in [2.45, 2.75) is 56.7 Å². The largest absolute Gasteiger partial charge is 0.464 e. The first-order valence-electron chi connectivity index (χ1n) is 16.8. The quantitative estimate of drug-likeness (QED) is 0.0141. The smallest absolute Gasteiger partial charge is 0.306 e. The SMILES string of the molecule is N=C(N)NCCCC(N)C(=O)NCCN(CCNCC(=O)NCCOC(=O)CCC(=O)OC[C@H](O)CO)CCNC(=O)C(N)CCCNC(=N)N. The highest BCUT2D eigenvalue weighted by Gasteiger charge is 2.16. The molecule has 294 valence electrons. The fourth-order valence-electron chi connectivity index (χ4n) is 4.07. The van der Waals surface area contributed by atoms with Crippen LogP contribution >= 0.6 is 0 Å². The van der Waals surface area contributed by atoms with Crippen LogP contribution in [0.4, 0.5) is 0 Å². The zero-order valence-corrected chi connectivity index (χ0v) is 29.2. The van der Waals surface area contributed by atoms with Gasteiger partial charge in [-0.2, -0.15) is 0 Å². The third kappa shape index (κ3) is 28.1. The van der Waals surface area contributed by atoms with Crippen LogP contribution in [-0.2, 0) is 33.4 Å². The molecule has 0 aromatic heterocycles. The van der Waals surface area contributed by atoms with E-state index >= 15 is 0 Å². The minimum atomic E-state index is -1.19. The molecule has 0 spiro atoms. The van der Waals surface area contributed by atoms with Crippen molar-refractivity contribution < 1.29 is 43.7 Å². The lowest BCUT2D eigenvalue weighted by molar-refractivity contribution is -0.152. The van der Waals surface area contributed by atoms with E-state index in [1.54, 1.807) is 0 Å². The van der Waals surface area contributed by atoms with Crippen molar-refractivity contribution in [3.63, 3.8) is 0 Å². The molecule has 0 aromatic carbocycles. The molecule has 0 radical (unpaired) electrons. The summed E-state index contributed by atoms with van der Waals surface area (Å²) in [4.78, 5) is 62.3. The Morgan fingerprint density at radius 2 is 1.18 bits per heavy atom. The van der Waals surface area contributed by atoms with Gasteiger partial charge in [-0.3, -0.25) is 39.7 Å². The lowest BCUT2D eigenvalue weighted by Gasteiger charge is -2.24. The van der Waals surface area contributed by atoms with Gasteiger partial charge >= 0.3 is 11.9 Å². The first-order chi connectivity index (χ1) is 24.2. The molecule has 0 saturated carbocycles. The van der Waals surface area contributed by atoms with Gasteiger partial charge in [-0.05, 0) is 25.7 Å². The van der Waals surface area contributed by atoms with Crippen LogP contribution in [0.15, 0.2) is 0 Å². The van der Waals surface area contributed by atoms with E-state index in [9.17, 15) is 24.0 Å². The molecule has 51 heavy (non-hydrogen) atoms. The molecule has 0 aromatic rings. The van der Waals surface area contributed by atoms with Gasteiger partial charge in [-0.15, -0.1) is 0 Å². The minimum Gasteiger partial charge on any atom is -0.464 e. The van der Waals surface area contributed by atoms with Gasteiger partial charge in [0.2, 0.25) is 17.7 Å². The van der Waals surface area contributed by atoms with Gasteiger partial charge in [0.05, 0.1) is 44.6 Å². The van der Waals surface area contributed by atoms with Crippen LogP contribution in [0.1, 0.15) is 38.5 Å². The second-order valence-electron chi connectivity index (χ2n) is 11.4. The van der Waals surface area contributed by atoms with Crippen molar-refractivity contribution in [1.82, 2.24) is 36.8 Å². The third-order valence-electron chi connectivity index (χ3n) is 6.90. The molecule has 18 N–H and O–H groups in total. The Balaban J connectivity index is 4.57. The van der Waals surface area contributed by atoms with E-state index in [1.807, 2.05) is 4.90 Å². The van der Waals surface area contributed by atoms with Gasteiger partial charge in [-0.1, -0.05) is 0 Å². The number of amides is 3. The Labute approximate surface area is 297 Å². The zero-order valence-electron chi connectivity index (χ0n) is 29.2. The molecule has 2 unspecified atom stereocenters. The van der Waals surface area contributed by atoms with E-state index < -0.39 is 36.7 Å². The van der Waals surface area contributed by atoms with Crippen molar-refractivity contribution in [3.05, 3.63) is 0 Å². The minimum absolute atomic E-state index is 0.0263. The lowest BCUT2D eigenvalue weighted by atomic mass is 10.1. The monoisotopic (exact) mass is 733 g/mol. The molecule has 0 rings (SSSR count). The maximum Gasteiger partial charge on any atom is 0.306 e. The number of hydrogen-bond acceptors (Lipinski definition) is 15. The number of nitrogens with one attached hydrogen (secondary N) is 8. The number of ether oxygens (including phenoxy) is 2. The summed E-state index contributed by atoms with van der Waals surface area (Å²) in [6.45, 7) is 2.09. The summed E-state index contributed by atoms with van der Waals surface area (Å²) in [6.07, 6.45) is 0.217. The number of aliphatic hydroxyl groups is 2. The Hall–Kier alpha value is -4.35. The van der Waals surface area contributed by atoms with Crippen LogP contribution in [0.25, 0.3) is 0 Å². The molecule has 0 aliphatic rings. The van der Waals surface area contributed by atoms with Gasteiger partial charge < -0.3 is 74.5 Å². The van der Waals surface area contributed by atoms with Gasteiger partial charge in [-0.25, -0.2) is 0 Å². The van der Waals surface area contributed by atoms with Gasteiger partial charge in [0.1, 0.15) is 19.3 Å². The Morgan fingerprint density at radius 1 is 0.686 bits per heavy atom. The summed E-state index contributed by atoms with van der Waals surface area (Å²) in [6, 6.07) is -1.46. The second kappa shape index (κ2) is 29.4. The van der Waals surface area contributed by atoms with E-state index in [-0.39, 0.29) is 81.9 Å². The van der Waals surface area contributed by atoms with Crippen LogP contribution in [0.2, 0.25) is 0 Å². The first kappa shape index (κ1) is 46.6. The predicted molar refractivity (Wildman–Crippen MR) is 187 cm³/mol. The molecular formula is C29H59N13O9. The number of carbonyl (C=O) groups excluding carboxylic acids is 5. The van der Waals surface area contributed by atoms with Crippen molar-refractivity contribution in [2.24, 2.45) is 22.9 Å². The van der Waals surface area contributed by atoms with Crippen LogP contribution in [0.3, 0.4) is 0 Å². The summed E-state index contributed by atoms with van der Waals surface area (Å²) in [5.74, 6) is -2.69. The average molecular weight is 734 g/mol. The fourth-order valence-corrected chi connectivity index (χ4v) is 4.07. The summed E-state index contributed by atoms with van der Waals surface area (Å²) in [7, 11) is 0. The number of rotatable bonds is 30. The number of esters is 2. The molecule has 3 amide bonds. The van der Waals surface area contributed by atoms with E-state index in [2.05, 4.69) is 31.9 Å². The second-order valence-corrected chi connectivity index (χ2v) is 11.4. The van der Waals surface area contributed by atoms with Gasteiger partial charge in [0.25, 0.3) is 0 Å². The third-order valence-corrected chi connectivity index (χ3v) is 6.90. The van der Waals surface area contributed by atoms with Crippen molar-refractivity contribution in [1.29, 1.82) is 10.8 Å². The zero-order chi connectivity index (χ0) is 38.4. The van der Waals surface area contributed by atoms with Crippen LogP contribution in [0, 0.1) is 10.8 Å². The Morgan fingerprint density at radius 3 is 1.67 bits per heavy atom. The number of carbonyl (C=O) groups is 5. The number of nitrogens with two attached hydrogens (primary N) is 4. The number of guanidine groups is 2. The summed E-state index contributed by atoms with van der Waals surface area (Å²) < 4.78 is 9.66. The highest BCUT2D eigenvalue weighted by atomic mass is 16.5. The van der Waals surface area contributed by atoms with E-state index in [0.29, 0.717) is 65.0 Å². The Kier molecular flexibility index (Phi) is 26.9. The summed E-state index contributed by atoms with van der Waals surface area (Å²) in [5.41, 5.74) is 22.4. The van der Waals surface area contributed by atoms with E-state index in [0.717, 1.165) is 0 Å². The number of nitrogens with zero attached hydrogens (tertiary/aromatic N) is 1. The predicted octanol–water partition coefficient (Wildman–Crippen LogP) is -6.37. The maximum absolute atomic E-state index is 12.4. The van der Waals surface area contributed by atoms with Crippen LogP contribution in [-0.4, -0.2) is 160 Å². The molecule has 0 bridgehead atoms. The standard InChI is InChI=1S/C29H59N13O9/c30-21(3-1-7-40-28(32)33)26(48)38-10-14-42(15-11-39-27(49)22(31)4-2-8-41-29(34)35)13-9-36-17-23(45)37-12-16-50-24(46)5-6-25(47)51-19-20(44)18-43/h20-22,36,43-44H,1-19,30-31H2,(H,37,45)(H,38,48)(H,39,49)(H4,32,33,40)(H4,34,35,41)/t20-,21?,22?/m1/s1. The molecular weight excluding hydrogens is 674 g/mol. The molecule has 0 heterocycles. The van der Waals surface area contributed by atoms with Gasteiger partial charge in [0, 0.05) is 52.4 Å². The van der Waals surface area contributed by atoms with Crippen molar-refractivity contribution in [2.75, 3.05) is 85.3 Å². The molecule has 0 aliphatic carbocycles. The van der Waals surface area contributed by atoms with Crippen LogP contribution < -0.4 is 54.8 Å². The highest BCUT2D eigenvalue weighted by molar-refractivity contribution is 5.82. The number of aliphatic hydroxyl groups excluding tert-OH is 2. The highest BCUT2D eigenvalue weighted by Crippen LogP contribution is 1.98. The molecule has 22 heteroatoms. The molecule has 22 nitrogen and oxygen atoms in total. The van der Waals surface area contributed by atoms with Gasteiger partial charge in [0.15, 0.2) is 11.9 Å². The molecule has 3 atom stereocenters. The van der Waals surface area contributed by atoms with E-state index in [4.69, 9.17) is 53.4 Å². The van der Waals surface area contributed by atoms with Crippen LogP contribution in [0.5, 0.6) is 0 Å².